The fourth-order valence-corrected chi connectivity index (χ4v) is 1.85. The summed E-state index contributed by atoms with van der Waals surface area (Å²) in [5.74, 6) is 0.242. The smallest absolute Gasteiger partial charge is 0.328 e. The Labute approximate surface area is 128 Å². The number of aromatic nitrogens is 1. The van der Waals surface area contributed by atoms with Gasteiger partial charge in [0.2, 0.25) is 0 Å². The molecule has 0 bridgehead atoms. The van der Waals surface area contributed by atoms with Crippen LogP contribution in [-0.4, -0.2) is 22.7 Å². The first kappa shape index (κ1) is 15.6. The quantitative estimate of drug-likeness (QED) is 0.795. The molecule has 0 fully saturated rings. The molecule has 0 aliphatic carbocycles. The van der Waals surface area contributed by atoms with Crippen LogP contribution in [0, 0.1) is 0 Å². The lowest BCUT2D eigenvalue weighted by Crippen LogP contribution is -1.99. The van der Waals surface area contributed by atoms with Crippen LogP contribution in [0.25, 0.3) is 6.08 Å². The number of pyridine rings is 1. The summed E-state index contributed by atoms with van der Waals surface area (Å²) in [5, 5.41) is 8.78. The van der Waals surface area contributed by atoms with Gasteiger partial charge < -0.3 is 14.6 Å². The van der Waals surface area contributed by atoms with Crippen molar-refractivity contribution >= 4 is 12.0 Å². The molecular formula is C17H17NO4. The maximum Gasteiger partial charge on any atom is 0.328 e. The molecule has 2 aromatic rings. The minimum absolute atomic E-state index is 0.357. The van der Waals surface area contributed by atoms with Crippen molar-refractivity contribution in [3.8, 4) is 11.5 Å². The van der Waals surface area contributed by atoms with Gasteiger partial charge in [-0.05, 0) is 37.3 Å². The highest BCUT2D eigenvalue weighted by Crippen LogP contribution is 2.26. The highest BCUT2D eigenvalue weighted by atomic mass is 16.5. The van der Waals surface area contributed by atoms with E-state index >= 15 is 0 Å². The van der Waals surface area contributed by atoms with E-state index in [9.17, 15) is 4.79 Å². The van der Waals surface area contributed by atoms with Crippen LogP contribution in [0.5, 0.6) is 11.5 Å². The molecule has 1 aromatic carbocycles. The van der Waals surface area contributed by atoms with Crippen molar-refractivity contribution in [2.24, 2.45) is 0 Å². The largest absolute Gasteiger partial charge is 0.494 e. The molecule has 0 aliphatic rings. The SMILES string of the molecule is CCOc1ccc(OCc2cccnc2)c(C=CC(=O)O)c1. The Kier molecular flexibility index (Phi) is 5.54. The van der Waals surface area contributed by atoms with Crippen LogP contribution in [0.15, 0.2) is 48.8 Å². The van der Waals surface area contributed by atoms with Gasteiger partial charge in [-0.15, -0.1) is 0 Å². The normalized spacial score (nSPS) is 10.6. The first-order valence-electron chi connectivity index (χ1n) is 6.88. The fourth-order valence-electron chi connectivity index (χ4n) is 1.85. The van der Waals surface area contributed by atoms with E-state index in [1.165, 1.54) is 6.08 Å². The van der Waals surface area contributed by atoms with Gasteiger partial charge in [0.05, 0.1) is 6.61 Å². The van der Waals surface area contributed by atoms with Crippen molar-refractivity contribution < 1.29 is 19.4 Å². The number of carbonyl (C=O) groups is 1. The number of carboxylic acids is 1. The lowest BCUT2D eigenvalue weighted by Gasteiger charge is -2.11. The molecule has 1 heterocycles. The zero-order chi connectivity index (χ0) is 15.8. The van der Waals surface area contributed by atoms with Crippen LogP contribution in [0.1, 0.15) is 18.1 Å². The van der Waals surface area contributed by atoms with E-state index < -0.39 is 5.97 Å². The topological polar surface area (TPSA) is 68.7 Å². The van der Waals surface area contributed by atoms with Gasteiger partial charge in [0.1, 0.15) is 18.1 Å². The predicted octanol–water partition coefficient (Wildman–Crippen LogP) is 3.16. The second-order valence-electron chi connectivity index (χ2n) is 4.45. The second kappa shape index (κ2) is 7.83. The molecule has 0 aliphatic heterocycles. The van der Waals surface area contributed by atoms with Gasteiger partial charge in [0, 0.05) is 29.6 Å². The molecule has 5 nitrogen and oxygen atoms in total. The molecule has 22 heavy (non-hydrogen) atoms. The van der Waals surface area contributed by atoms with E-state index in [0.29, 0.717) is 30.3 Å². The van der Waals surface area contributed by atoms with E-state index in [-0.39, 0.29) is 0 Å². The van der Waals surface area contributed by atoms with Gasteiger partial charge in [0.25, 0.3) is 0 Å². The average Bonchev–Trinajstić information content (AvgIpc) is 2.53. The van der Waals surface area contributed by atoms with Crippen molar-refractivity contribution in [2.75, 3.05) is 6.61 Å². The standard InChI is InChI=1S/C17H17NO4/c1-2-21-15-6-7-16(14(10-15)5-8-17(19)20)22-12-13-4-3-9-18-11-13/h3-11H,2,12H2,1H3,(H,19,20). The van der Waals surface area contributed by atoms with Gasteiger partial charge in [-0.1, -0.05) is 6.07 Å². The Morgan fingerprint density at radius 3 is 2.86 bits per heavy atom. The van der Waals surface area contributed by atoms with Crippen molar-refractivity contribution in [2.45, 2.75) is 13.5 Å². The number of hydrogen-bond acceptors (Lipinski definition) is 4. The number of benzene rings is 1. The van der Waals surface area contributed by atoms with Crippen molar-refractivity contribution in [1.82, 2.24) is 4.98 Å². The molecule has 0 atom stereocenters. The molecule has 1 aromatic heterocycles. The summed E-state index contributed by atoms with van der Waals surface area (Å²) in [6, 6.07) is 9.06. The third-order valence-corrected chi connectivity index (χ3v) is 2.81. The molecule has 1 N–H and O–H groups in total. The Bertz CT molecular complexity index is 653. The Morgan fingerprint density at radius 1 is 1.32 bits per heavy atom. The monoisotopic (exact) mass is 299 g/mol. The van der Waals surface area contributed by atoms with E-state index in [2.05, 4.69) is 4.98 Å². The summed E-state index contributed by atoms with van der Waals surface area (Å²) in [4.78, 5) is 14.7. The zero-order valence-electron chi connectivity index (χ0n) is 12.2. The minimum atomic E-state index is -1.01. The van der Waals surface area contributed by atoms with Crippen LogP contribution < -0.4 is 9.47 Å². The van der Waals surface area contributed by atoms with E-state index in [1.54, 1.807) is 30.6 Å². The van der Waals surface area contributed by atoms with Crippen LogP contribution in [0.2, 0.25) is 0 Å². The molecule has 0 unspecified atom stereocenters. The fraction of sp³-hybridized carbons (Fsp3) is 0.176. The lowest BCUT2D eigenvalue weighted by molar-refractivity contribution is -0.131. The summed E-state index contributed by atoms with van der Waals surface area (Å²) in [6.45, 7) is 2.79. The number of aliphatic carboxylic acids is 1. The average molecular weight is 299 g/mol. The van der Waals surface area contributed by atoms with Crippen molar-refractivity contribution in [3.63, 3.8) is 0 Å². The van der Waals surface area contributed by atoms with Crippen LogP contribution in [0.4, 0.5) is 0 Å². The molecule has 0 saturated heterocycles. The summed E-state index contributed by atoms with van der Waals surface area (Å²) in [6.07, 6.45) is 5.98. The third kappa shape index (κ3) is 4.63. The van der Waals surface area contributed by atoms with Crippen LogP contribution in [0.3, 0.4) is 0 Å². The first-order chi connectivity index (χ1) is 10.7. The number of hydrogen-bond donors (Lipinski definition) is 1. The Morgan fingerprint density at radius 2 is 2.18 bits per heavy atom. The molecule has 2 rings (SSSR count). The number of carboxylic acid groups (broad SMARTS) is 1. The molecule has 114 valence electrons. The predicted molar refractivity (Wildman–Crippen MR) is 82.8 cm³/mol. The second-order valence-corrected chi connectivity index (χ2v) is 4.45. The van der Waals surface area contributed by atoms with E-state index in [1.807, 2.05) is 19.1 Å². The highest BCUT2D eigenvalue weighted by Gasteiger charge is 2.05. The van der Waals surface area contributed by atoms with Gasteiger partial charge in [-0.25, -0.2) is 4.79 Å². The van der Waals surface area contributed by atoms with Crippen molar-refractivity contribution in [1.29, 1.82) is 0 Å². The molecule has 0 saturated carbocycles. The molecular weight excluding hydrogens is 282 g/mol. The first-order valence-corrected chi connectivity index (χ1v) is 6.88. The Hall–Kier alpha value is -2.82. The number of rotatable bonds is 7. The lowest BCUT2D eigenvalue weighted by atomic mass is 10.1. The van der Waals surface area contributed by atoms with Gasteiger partial charge in [0.15, 0.2) is 0 Å². The number of ether oxygens (including phenoxy) is 2. The van der Waals surface area contributed by atoms with Gasteiger partial charge >= 0.3 is 5.97 Å². The van der Waals surface area contributed by atoms with E-state index in [0.717, 1.165) is 11.6 Å². The molecule has 0 radical (unpaired) electrons. The van der Waals surface area contributed by atoms with Gasteiger partial charge in [-0.3, -0.25) is 4.98 Å². The van der Waals surface area contributed by atoms with Gasteiger partial charge in [-0.2, -0.15) is 0 Å². The summed E-state index contributed by atoms with van der Waals surface area (Å²) in [5.41, 5.74) is 1.58. The maximum atomic E-state index is 10.7. The molecule has 0 amide bonds. The third-order valence-electron chi connectivity index (χ3n) is 2.81. The summed E-state index contributed by atoms with van der Waals surface area (Å²) in [7, 11) is 0. The van der Waals surface area contributed by atoms with Crippen molar-refractivity contribution in [3.05, 3.63) is 59.9 Å². The summed E-state index contributed by atoms with van der Waals surface area (Å²) < 4.78 is 11.2. The molecule has 5 heteroatoms. The zero-order valence-corrected chi connectivity index (χ0v) is 12.2. The van der Waals surface area contributed by atoms with Crippen LogP contribution in [-0.2, 0) is 11.4 Å². The van der Waals surface area contributed by atoms with Crippen LogP contribution >= 0.6 is 0 Å². The highest BCUT2D eigenvalue weighted by molar-refractivity contribution is 5.86. The molecule has 0 spiro atoms. The number of nitrogens with zero attached hydrogens (tertiary/aromatic N) is 1. The maximum absolute atomic E-state index is 10.7. The van der Waals surface area contributed by atoms with E-state index in [4.69, 9.17) is 14.6 Å². The minimum Gasteiger partial charge on any atom is -0.494 e. The summed E-state index contributed by atoms with van der Waals surface area (Å²) >= 11 is 0. The Balaban J connectivity index is 2.19.